The predicted octanol–water partition coefficient (Wildman–Crippen LogP) is 1.97. The molecule has 0 radical (unpaired) electrons. The molecule has 0 fully saturated rings. The smallest absolute Gasteiger partial charge is 0.0328 e. The van der Waals surface area contributed by atoms with Crippen molar-refractivity contribution in [2.24, 2.45) is 11.0 Å². The molecule has 0 aromatic heterocycles. The van der Waals surface area contributed by atoms with Gasteiger partial charge in [-0.2, -0.15) is 5.10 Å². The highest BCUT2D eigenvalue weighted by Crippen LogP contribution is 1.95. The lowest BCUT2D eigenvalue weighted by Gasteiger charge is -2.09. The lowest BCUT2D eigenvalue weighted by Crippen LogP contribution is -2.10. The number of hydrazone groups is 1. The number of hydrogen-bond donors (Lipinski definition) is 0. The Morgan fingerprint density at radius 2 is 2.10 bits per heavy atom. The molecule has 2 heteroatoms. The van der Waals surface area contributed by atoms with Crippen molar-refractivity contribution in [2.45, 2.75) is 27.2 Å². The van der Waals surface area contributed by atoms with Crippen molar-refractivity contribution < 1.29 is 0 Å². The van der Waals surface area contributed by atoms with Crippen molar-refractivity contribution in [3.63, 3.8) is 0 Å². The third-order valence-corrected chi connectivity index (χ3v) is 1.62. The summed E-state index contributed by atoms with van der Waals surface area (Å²) in [5, 5.41) is 6.16. The van der Waals surface area contributed by atoms with Crippen LogP contribution in [0.2, 0.25) is 0 Å². The summed E-state index contributed by atoms with van der Waals surface area (Å²) < 4.78 is 0. The van der Waals surface area contributed by atoms with Crippen LogP contribution in [0.4, 0.5) is 0 Å². The minimum absolute atomic E-state index is 0.606. The molecule has 0 aromatic carbocycles. The summed E-state index contributed by atoms with van der Waals surface area (Å²) in [5.41, 5.74) is 0. The molecule has 0 rings (SSSR count). The van der Waals surface area contributed by atoms with E-state index in [9.17, 15) is 0 Å². The van der Waals surface area contributed by atoms with Crippen LogP contribution in [0, 0.1) is 5.92 Å². The summed E-state index contributed by atoms with van der Waals surface area (Å²) in [5.74, 6) is 0.606. The van der Waals surface area contributed by atoms with E-state index in [1.807, 2.05) is 18.3 Å². The van der Waals surface area contributed by atoms with E-state index < -0.39 is 0 Å². The van der Waals surface area contributed by atoms with E-state index in [1.54, 1.807) is 0 Å². The van der Waals surface area contributed by atoms with Crippen LogP contribution in [-0.4, -0.2) is 24.8 Å². The van der Waals surface area contributed by atoms with Crippen molar-refractivity contribution in [2.75, 3.05) is 13.6 Å². The van der Waals surface area contributed by atoms with Crippen molar-refractivity contribution in [1.82, 2.24) is 5.01 Å². The lowest BCUT2D eigenvalue weighted by atomic mass is 10.1. The Hall–Kier alpha value is -0.530. The summed E-state index contributed by atoms with van der Waals surface area (Å²) in [6, 6.07) is 0. The van der Waals surface area contributed by atoms with E-state index in [-0.39, 0.29) is 0 Å². The Morgan fingerprint density at radius 1 is 1.50 bits per heavy atom. The minimum atomic E-state index is 0.606. The lowest BCUT2D eigenvalue weighted by molar-refractivity contribution is 0.374. The highest BCUT2D eigenvalue weighted by Gasteiger charge is 1.91. The fourth-order valence-corrected chi connectivity index (χ4v) is 0.415. The zero-order chi connectivity index (χ0) is 7.98. The fraction of sp³-hybridized carbons (Fsp3) is 0.875. The molecule has 0 bridgehead atoms. The summed E-state index contributed by atoms with van der Waals surface area (Å²) in [7, 11) is 1.98. The van der Waals surface area contributed by atoms with Gasteiger partial charge in [0, 0.05) is 19.8 Å². The van der Waals surface area contributed by atoms with E-state index in [0.717, 1.165) is 6.54 Å². The molecule has 0 N–H and O–H groups in total. The molecular weight excluding hydrogens is 124 g/mol. The summed E-state index contributed by atoms with van der Waals surface area (Å²) in [6.07, 6.45) is 3.17. The van der Waals surface area contributed by atoms with Gasteiger partial charge in [0.05, 0.1) is 0 Å². The third-order valence-electron chi connectivity index (χ3n) is 1.62. The second-order valence-electron chi connectivity index (χ2n) is 2.62. The van der Waals surface area contributed by atoms with Crippen LogP contribution in [0.5, 0.6) is 0 Å². The first-order valence-corrected chi connectivity index (χ1v) is 3.95. The Kier molecular flexibility index (Phi) is 4.99. The zero-order valence-corrected chi connectivity index (χ0v) is 7.46. The van der Waals surface area contributed by atoms with E-state index in [0.29, 0.717) is 5.92 Å². The normalized spacial score (nSPS) is 14.0. The minimum Gasteiger partial charge on any atom is -0.301 e. The van der Waals surface area contributed by atoms with Crippen LogP contribution >= 0.6 is 0 Å². The maximum absolute atomic E-state index is 4.22. The van der Waals surface area contributed by atoms with Gasteiger partial charge in [-0.3, -0.25) is 0 Å². The van der Waals surface area contributed by atoms with Gasteiger partial charge in [-0.25, -0.2) is 0 Å². The highest BCUT2D eigenvalue weighted by molar-refractivity contribution is 5.59. The zero-order valence-electron chi connectivity index (χ0n) is 7.46. The summed E-state index contributed by atoms with van der Waals surface area (Å²) >= 11 is 0. The molecule has 0 aliphatic carbocycles. The number of rotatable bonds is 4. The first-order chi connectivity index (χ1) is 4.70. The van der Waals surface area contributed by atoms with Crippen molar-refractivity contribution in [3.05, 3.63) is 0 Å². The Balaban J connectivity index is 3.52. The molecule has 0 spiro atoms. The maximum atomic E-state index is 4.22. The van der Waals surface area contributed by atoms with Crippen LogP contribution in [0.25, 0.3) is 0 Å². The molecule has 1 atom stereocenters. The van der Waals surface area contributed by atoms with Crippen LogP contribution in [0.3, 0.4) is 0 Å². The monoisotopic (exact) mass is 142 g/mol. The van der Waals surface area contributed by atoms with Gasteiger partial charge in [0.15, 0.2) is 0 Å². The van der Waals surface area contributed by atoms with Gasteiger partial charge >= 0.3 is 0 Å². The van der Waals surface area contributed by atoms with Crippen LogP contribution < -0.4 is 0 Å². The molecule has 1 unspecified atom stereocenters. The summed E-state index contributed by atoms with van der Waals surface area (Å²) in [4.78, 5) is 0. The van der Waals surface area contributed by atoms with E-state index in [1.165, 1.54) is 6.42 Å². The molecule has 0 aliphatic heterocycles. The molecule has 0 amide bonds. The van der Waals surface area contributed by atoms with Crippen molar-refractivity contribution in [3.8, 4) is 0 Å². The Bertz CT molecular complexity index is 87.4. The molecule has 10 heavy (non-hydrogen) atoms. The average molecular weight is 142 g/mol. The van der Waals surface area contributed by atoms with Gasteiger partial charge in [0.2, 0.25) is 0 Å². The Labute approximate surface area is 63.9 Å². The van der Waals surface area contributed by atoms with E-state index >= 15 is 0 Å². The van der Waals surface area contributed by atoms with Crippen LogP contribution in [0.15, 0.2) is 5.10 Å². The van der Waals surface area contributed by atoms with Gasteiger partial charge < -0.3 is 5.01 Å². The van der Waals surface area contributed by atoms with Crippen molar-refractivity contribution in [1.29, 1.82) is 0 Å². The topological polar surface area (TPSA) is 15.6 Å². The molecule has 0 saturated carbocycles. The van der Waals surface area contributed by atoms with Gasteiger partial charge in [-0.15, -0.1) is 0 Å². The molecule has 0 aromatic rings. The average Bonchev–Trinajstić information content (AvgIpc) is 1.99. The standard InChI is InChI=1S/C8H18N2/c1-5-8(3)7-9-10(4)6-2/h7-8H,5-6H2,1-4H3/b9-7+. The maximum Gasteiger partial charge on any atom is 0.0328 e. The molecule has 0 aliphatic rings. The predicted molar refractivity (Wildman–Crippen MR) is 46.3 cm³/mol. The number of nitrogens with zero attached hydrogens (tertiary/aromatic N) is 2. The third kappa shape index (κ3) is 4.36. The second-order valence-corrected chi connectivity index (χ2v) is 2.62. The van der Waals surface area contributed by atoms with Gasteiger partial charge in [0.1, 0.15) is 0 Å². The van der Waals surface area contributed by atoms with Crippen LogP contribution in [0.1, 0.15) is 27.2 Å². The van der Waals surface area contributed by atoms with E-state index in [2.05, 4.69) is 25.9 Å². The van der Waals surface area contributed by atoms with Gasteiger partial charge in [-0.05, 0) is 19.3 Å². The Morgan fingerprint density at radius 3 is 2.50 bits per heavy atom. The molecular formula is C8H18N2. The van der Waals surface area contributed by atoms with Crippen molar-refractivity contribution >= 4 is 6.21 Å². The SMILES string of the molecule is CCC(C)/C=N/N(C)CC. The molecule has 0 saturated heterocycles. The van der Waals surface area contributed by atoms with E-state index in [4.69, 9.17) is 0 Å². The van der Waals surface area contributed by atoms with Gasteiger partial charge in [-0.1, -0.05) is 13.8 Å². The molecule has 2 nitrogen and oxygen atoms in total. The largest absolute Gasteiger partial charge is 0.301 e. The molecule has 0 heterocycles. The first-order valence-electron chi connectivity index (χ1n) is 3.95. The van der Waals surface area contributed by atoms with Crippen LogP contribution in [-0.2, 0) is 0 Å². The van der Waals surface area contributed by atoms with Gasteiger partial charge in [0.25, 0.3) is 0 Å². The summed E-state index contributed by atoms with van der Waals surface area (Å²) in [6.45, 7) is 7.41. The second kappa shape index (κ2) is 5.27. The highest BCUT2D eigenvalue weighted by atomic mass is 15.4. The first kappa shape index (κ1) is 9.47. The number of hydrogen-bond acceptors (Lipinski definition) is 2. The quantitative estimate of drug-likeness (QED) is 0.433. The molecule has 60 valence electrons. The fourth-order valence-electron chi connectivity index (χ4n) is 0.415.